The zero-order valence-corrected chi connectivity index (χ0v) is 10.7. The largest absolute Gasteiger partial charge is 0.485 e. The molecule has 3 N–H and O–H groups in total. The molecule has 1 aromatic heterocycles. The quantitative estimate of drug-likeness (QED) is 0.699. The normalized spacial score (nSPS) is 24.8. The molecule has 0 spiro atoms. The molecule has 0 bridgehead atoms. The Bertz CT molecular complexity index is 704. The van der Waals surface area contributed by atoms with Crippen molar-refractivity contribution in [2.75, 3.05) is 0 Å². The maximum atomic E-state index is 11.4. The van der Waals surface area contributed by atoms with Crippen LogP contribution in [0.2, 0.25) is 0 Å². The summed E-state index contributed by atoms with van der Waals surface area (Å²) in [5.41, 5.74) is 5.78. The van der Waals surface area contributed by atoms with Crippen molar-refractivity contribution < 1.29 is 14.3 Å². The first kappa shape index (κ1) is 12.2. The molecule has 0 unspecified atom stereocenters. The van der Waals surface area contributed by atoms with Gasteiger partial charge in [0.05, 0.1) is 11.6 Å². The molecule has 1 aliphatic heterocycles. The lowest BCUT2D eigenvalue weighted by Gasteiger charge is -2.40. The van der Waals surface area contributed by atoms with E-state index in [1.54, 1.807) is 32.0 Å². The molecule has 2 atom stereocenters. The minimum Gasteiger partial charge on any atom is -0.485 e. The molecule has 100 valence electrons. The van der Waals surface area contributed by atoms with Crippen LogP contribution in [-0.2, 0) is 0 Å². The number of rotatable bonds is 0. The highest BCUT2D eigenvalue weighted by atomic mass is 16.5. The molecular weight excluding hydrogens is 246 g/mol. The Morgan fingerprint density at radius 2 is 1.95 bits per heavy atom. The van der Waals surface area contributed by atoms with Crippen molar-refractivity contribution in [3.8, 4) is 5.75 Å². The highest BCUT2D eigenvalue weighted by molar-refractivity contribution is 5.83. The fourth-order valence-corrected chi connectivity index (χ4v) is 2.47. The monoisotopic (exact) mass is 261 g/mol. The van der Waals surface area contributed by atoms with Gasteiger partial charge in [0.25, 0.3) is 0 Å². The van der Waals surface area contributed by atoms with E-state index in [9.17, 15) is 9.90 Å². The molecule has 3 rings (SSSR count). The van der Waals surface area contributed by atoms with Crippen molar-refractivity contribution in [2.24, 2.45) is 5.73 Å². The number of fused-ring (bicyclic) bond motifs is 3. The Kier molecular flexibility index (Phi) is 2.45. The van der Waals surface area contributed by atoms with Gasteiger partial charge in [0, 0.05) is 11.5 Å². The number of nitrogens with two attached hydrogens (primary N) is 1. The van der Waals surface area contributed by atoms with E-state index in [1.807, 2.05) is 0 Å². The van der Waals surface area contributed by atoms with Gasteiger partial charge in [-0.05, 0) is 32.0 Å². The van der Waals surface area contributed by atoms with Gasteiger partial charge in [0.15, 0.2) is 0 Å². The second-order valence-electron chi connectivity index (χ2n) is 5.33. The summed E-state index contributed by atoms with van der Waals surface area (Å²) < 4.78 is 11.0. The van der Waals surface area contributed by atoms with Gasteiger partial charge in [0.2, 0.25) is 0 Å². The van der Waals surface area contributed by atoms with E-state index in [2.05, 4.69) is 0 Å². The van der Waals surface area contributed by atoms with Crippen LogP contribution in [0.15, 0.2) is 33.5 Å². The van der Waals surface area contributed by atoms with Crippen molar-refractivity contribution in [3.63, 3.8) is 0 Å². The summed E-state index contributed by atoms with van der Waals surface area (Å²) in [6, 6.07) is 5.95. The van der Waals surface area contributed by atoms with Crippen LogP contribution < -0.4 is 16.1 Å². The summed E-state index contributed by atoms with van der Waals surface area (Å²) in [4.78, 5) is 11.4. The number of aliphatic hydroxyl groups excluding tert-OH is 1. The third kappa shape index (κ3) is 1.74. The average molecular weight is 261 g/mol. The lowest BCUT2D eigenvalue weighted by molar-refractivity contribution is -0.0569. The van der Waals surface area contributed by atoms with Crippen LogP contribution in [0.4, 0.5) is 0 Å². The Morgan fingerprint density at radius 1 is 1.26 bits per heavy atom. The third-order valence-electron chi connectivity index (χ3n) is 3.55. The van der Waals surface area contributed by atoms with Gasteiger partial charge < -0.3 is 20.0 Å². The molecule has 0 amide bonds. The molecule has 19 heavy (non-hydrogen) atoms. The maximum Gasteiger partial charge on any atom is 0.336 e. The first-order valence-corrected chi connectivity index (χ1v) is 6.09. The summed E-state index contributed by atoms with van der Waals surface area (Å²) in [5.74, 6) is 0.546. The Hall–Kier alpha value is -1.85. The number of hydrogen-bond acceptors (Lipinski definition) is 5. The van der Waals surface area contributed by atoms with Crippen molar-refractivity contribution in [1.29, 1.82) is 0 Å². The molecule has 0 saturated carbocycles. The lowest BCUT2D eigenvalue weighted by Crippen LogP contribution is -2.51. The predicted molar refractivity (Wildman–Crippen MR) is 70.1 cm³/mol. The molecule has 1 aromatic carbocycles. The van der Waals surface area contributed by atoms with Crippen LogP contribution in [-0.4, -0.2) is 16.8 Å². The van der Waals surface area contributed by atoms with Gasteiger partial charge in [-0.15, -0.1) is 0 Å². The molecule has 2 heterocycles. The van der Waals surface area contributed by atoms with Gasteiger partial charge in [-0.1, -0.05) is 0 Å². The van der Waals surface area contributed by atoms with Gasteiger partial charge in [-0.25, -0.2) is 4.79 Å². The first-order valence-electron chi connectivity index (χ1n) is 6.09. The molecule has 0 radical (unpaired) electrons. The van der Waals surface area contributed by atoms with Crippen LogP contribution in [0, 0.1) is 0 Å². The van der Waals surface area contributed by atoms with Gasteiger partial charge in [-0.3, -0.25) is 0 Å². The van der Waals surface area contributed by atoms with Crippen molar-refractivity contribution >= 4 is 11.0 Å². The second-order valence-corrected chi connectivity index (χ2v) is 5.33. The van der Waals surface area contributed by atoms with Crippen LogP contribution in [0.5, 0.6) is 5.75 Å². The van der Waals surface area contributed by atoms with E-state index < -0.39 is 23.4 Å². The Labute approximate surface area is 109 Å². The number of aliphatic hydroxyl groups is 1. The molecule has 5 heteroatoms. The molecule has 1 aliphatic rings. The van der Waals surface area contributed by atoms with Crippen molar-refractivity contribution in [1.82, 2.24) is 0 Å². The number of ether oxygens (including phenoxy) is 1. The average Bonchev–Trinajstić information content (AvgIpc) is 2.35. The molecule has 2 aromatic rings. The van der Waals surface area contributed by atoms with E-state index >= 15 is 0 Å². The summed E-state index contributed by atoms with van der Waals surface area (Å²) in [5, 5.41) is 11.0. The molecule has 0 saturated heterocycles. The maximum absolute atomic E-state index is 11.4. The molecule has 5 nitrogen and oxygen atoms in total. The van der Waals surface area contributed by atoms with Crippen LogP contribution in [0.25, 0.3) is 11.0 Å². The minimum atomic E-state index is -0.879. The third-order valence-corrected chi connectivity index (χ3v) is 3.55. The summed E-state index contributed by atoms with van der Waals surface area (Å²) in [7, 11) is 0. The number of benzene rings is 1. The highest BCUT2D eigenvalue weighted by Gasteiger charge is 2.42. The lowest BCUT2D eigenvalue weighted by atomic mass is 9.86. The highest BCUT2D eigenvalue weighted by Crippen LogP contribution is 2.41. The molecule has 0 aliphatic carbocycles. The predicted octanol–water partition coefficient (Wildman–Crippen LogP) is 1.32. The molecule has 0 fully saturated rings. The zero-order chi connectivity index (χ0) is 13.8. The van der Waals surface area contributed by atoms with E-state index in [1.165, 1.54) is 6.07 Å². The molecular formula is C14H15NO4. The van der Waals surface area contributed by atoms with Crippen LogP contribution in [0.3, 0.4) is 0 Å². The van der Waals surface area contributed by atoms with Gasteiger partial charge >= 0.3 is 5.63 Å². The second kappa shape index (κ2) is 3.82. The summed E-state index contributed by atoms with van der Waals surface area (Å²) >= 11 is 0. The Morgan fingerprint density at radius 3 is 2.68 bits per heavy atom. The smallest absolute Gasteiger partial charge is 0.336 e. The van der Waals surface area contributed by atoms with Gasteiger partial charge in [-0.2, -0.15) is 0 Å². The zero-order valence-electron chi connectivity index (χ0n) is 10.7. The topological polar surface area (TPSA) is 85.7 Å². The standard InChI is InChI=1S/C14H15NO4/c1-14(2)13(17)11(15)10-8(19-14)5-3-7-4-6-9(16)18-12(7)10/h3-6,11,13,17H,15H2,1-2H3/t11-,13+/m1/s1. The van der Waals surface area contributed by atoms with E-state index in [-0.39, 0.29) is 0 Å². The van der Waals surface area contributed by atoms with Crippen molar-refractivity contribution in [2.45, 2.75) is 31.6 Å². The SMILES string of the molecule is CC1(C)Oc2ccc3ccc(=O)oc3c2[C@@H](N)[C@@H]1O. The van der Waals surface area contributed by atoms with E-state index in [0.717, 1.165) is 5.39 Å². The first-order chi connectivity index (χ1) is 8.90. The van der Waals surface area contributed by atoms with Gasteiger partial charge in [0.1, 0.15) is 23.0 Å². The fraction of sp³-hybridized carbons (Fsp3) is 0.357. The van der Waals surface area contributed by atoms with Crippen LogP contribution in [0.1, 0.15) is 25.5 Å². The summed E-state index contributed by atoms with van der Waals surface area (Å²) in [6.07, 6.45) is -0.879. The summed E-state index contributed by atoms with van der Waals surface area (Å²) in [6.45, 7) is 3.54. The fourth-order valence-electron chi connectivity index (χ4n) is 2.47. The van der Waals surface area contributed by atoms with E-state index in [0.29, 0.717) is 16.9 Å². The van der Waals surface area contributed by atoms with Crippen molar-refractivity contribution in [3.05, 3.63) is 40.2 Å². The minimum absolute atomic E-state index is 0.382. The number of hydrogen-bond donors (Lipinski definition) is 2. The van der Waals surface area contributed by atoms with E-state index in [4.69, 9.17) is 14.9 Å². The Balaban J connectivity index is 2.33. The van der Waals surface area contributed by atoms with Crippen LogP contribution >= 0.6 is 0 Å².